The third kappa shape index (κ3) is 2.76. The summed E-state index contributed by atoms with van der Waals surface area (Å²) in [7, 11) is 0. The Bertz CT molecular complexity index is 728. The Balaban J connectivity index is 1.72. The molecule has 5 heteroatoms. The van der Waals surface area contributed by atoms with Crippen molar-refractivity contribution in [2.75, 3.05) is 5.32 Å². The minimum atomic E-state index is -0.524. The lowest BCUT2D eigenvalue weighted by molar-refractivity contribution is -0.120. The molecule has 3 rings (SSSR count). The van der Waals surface area contributed by atoms with Gasteiger partial charge in [-0.1, -0.05) is 34.1 Å². The fourth-order valence-electron chi connectivity index (χ4n) is 2.51. The second-order valence-electron chi connectivity index (χ2n) is 5.26. The number of hydrogen-bond acceptors (Lipinski definition) is 2. The molecule has 112 valence electrons. The Kier molecular flexibility index (Phi) is 3.98. The van der Waals surface area contributed by atoms with Gasteiger partial charge in [-0.3, -0.25) is 9.59 Å². The summed E-state index contributed by atoms with van der Waals surface area (Å²) in [6, 6.07) is 14.3. The van der Waals surface area contributed by atoms with Crippen LogP contribution in [0.4, 0.5) is 5.69 Å². The third-order valence-electron chi connectivity index (χ3n) is 3.81. The molecule has 0 saturated heterocycles. The molecule has 1 aliphatic rings. The molecule has 0 radical (unpaired) electrons. The molecule has 1 heterocycles. The van der Waals surface area contributed by atoms with Gasteiger partial charge >= 0.3 is 0 Å². The van der Waals surface area contributed by atoms with Gasteiger partial charge in [-0.25, -0.2) is 0 Å². The molecule has 0 fully saturated rings. The quantitative estimate of drug-likeness (QED) is 0.913. The maximum absolute atomic E-state index is 12.4. The van der Waals surface area contributed by atoms with Crippen LogP contribution in [0.2, 0.25) is 0 Å². The van der Waals surface area contributed by atoms with Crippen LogP contribution in [0.5, 0.6) is 0 Å². The number of fused-ring (bicyclic) bond motifs is 1. The molecule has 0 spiro atoms. The van der Waals surface area contributed by atoms with Crippen molar-refractivity contribution in [2.45, 2.75) is 19.5 Å². The number of hydrogen-bond donors (Lipinski definition) is 1. The summed E-state index contributed by atoms with van der Waals surface area (Å²) >= 11 is 3.35. The highest BCUT2D eigenvalue weighted by Gasteiger charge is 2.33. The molecular weight excluding hydrogens is 344 g/mol. The normalized spacial score (nSPS) is 14.6. The lowest BCUT2D eigenvalue weighted by atomic mass is 10.1. The van der Waals surface area contributed by atoms with E-state index in [1.165, 1.54) is 0 Å². The Labute approximate surface area is 137 Å². The summed E-state index contributed by atoms with van der Waals surface area (Å²) in [6.07, 6.45) is 0. The number of anilines is 1. The predicted octanol–water partition coefficient (Wildman–Crippen LogP) is 3.43. The first-order chi connectivity index (χ1) is 10.6. The van der Waals surface area contributed by atoms with E-state index in [4.69, 9.17) is 0 Å². The predicted molar refractivity (Wildman–Crippen MR) is 88.5 cm³/mol. The van der Waals surface area contributed by atoms with Crippen LogP contribution in [0.1, 0.15) is 22.8 Å². The Morgan fingerprint density at radius 2 is 1.86 bits per heavy atom. The summed E-state index contributed by atoms with van der Waals surface area (Å²) in [5, 5.41) is 2.84. The lowest BCUT2D eigenvalue weighted by Gasteiger charge is -2.23. The number of benzene rings is 2. The second-order valence-corrected chi connectivity index (χ2v) is 6.18. The monoisotopic (exact) mass is 358 g/mol. The molecule has 1 N–H and O–H groups in total. The largest absolute Gasteiger partial charge is 0.324 e. The molecule has 0 aliphatic carbocycles. The highest BCUT2D eigenvalue weighted by molar-refractivity contribution is 9.10. The molecule has 0 aromatic heterocycles. The van der Waals surface area contributed by atoms with E-state index in [0.717, 1.165) is 10.0 Å². The number of halogens is 1. The van der Waals surface area contributed by atoms with E-state index in [-0.39, 0.29) is 11.8 Å². The summed E-state index contributed by atoms with van der Waals surface area (Å²) in [5.74, 6) is -0.280. The summed E-state index contributed by atoms with van der Waals surface area (Å²) in [4.78, 5) is 26.3. The first kappa shape index (κ1) is 14.8. The van der Waals surface area contributed by atoms with Crippen LogP contribution >= 0.6 is 15.9 Å². The molecule has 0 unspecified atom stereocenters. The molecule has 0 bridgehead atoms. The molecule has 2 aromatic carbocycles. The smallest absolute Gasteiger partial charge is 0.255 e. The van der Waals surface area contributed by atoms with Gasteiger partial charge in [-0.2, -0.15) is 0 Å². The Hall–Kier alpha value is -2.14. The zero-order valence-corrected chi connectivity index (χ0v) is 13.6. The van der Waals surface area contributed by atoms with Crippen LogP contribution in [0, 0.1) is 0 Å². The summed E-state index contributed by atoms with van der Waals surface area (Å²) in [6.45, 7) is 2.22. The van der Waals surface area contributed by atoms with E-state index in [1.807, 2.05) is 42.5 Å². The molecule has 0 saturated carbocycles. The van der Waals surface area contributed by atoms with Gasteiger partial charge in [0.05, 0.1) is 0 Å². The maximum atomic E-state index is 12.4. The number of rotatable bonds is 3. The van der Waals surface area contributed by atoms with Crippen molar-refractivity contribution < 1.29 is 9.59 Å². The topological polar surface area (TPSA) is 49.4 Å². The first-order valence-corrected chi connectivity index (χ1v) is 7.81. The maximum Gasteiger partial charge on any atom is 0.255 e. The van der Waals surface area contributed by atoms with E-state index in [2.05, 4.69) is 21.2 Å². The van der Waals surface area contributed by atoms with Crippen LogP contribution in [0.15, 0.2) is 53.0 Å². The van der Waals surface area contributed by atoms with Gasteiger partial charge < -0.3 is 10.2 Å². The van der Waals surface area contributed by atoms with Gasteiger partial charge in [0.2, 0.25) is 5.91 Å². The zero-order chi connectivity index (χ0) is 15.7. The zero-order valence-electron chi connectivity index (χ0n) is 12.0. The number of nitrogens with one attached hydrogen (secondary N) is 1. The van der Waals surface area contributed by atoms with Crippen LogP contribution in [-0.4, -0.2) is 22.8 Å². The van der Waals surface area contributed by atoms with Crippen LogP contribution < -0.4 is 5.32 Å². The van der Waals surface area contributed by atoms with Crippen molar-refractivity contribution >= 4 is 33.4 Å². The fourth-order valence-corrected chi connectivity index (χ4v) is 2.78. The third-order valence-corrected chi connectivity index (χ3v) is 4.34. The van der Waals surface area contributed by atoms with Gasteiger partial charge in [0.15, 0.2) is 0 Å². The van der Waals surface area contributed by atoms with Gasteiger partial charge in [0.25, 0.3) is 5.91 Å². The van der Waals surface area contributed by atoms with Gasteiger partial charge in [0.1, 0.15) is 6.04 Å². The Morgan fingerprint density at radius 3 is 2.55 bits per heavy atom. The van der Waals surface area contributed by atoms with Crippen LogP contribution in [-0.2, 0) is 11.3 Å². The Morgan fingerprint density at radius 1 is 1.18 bits per heavy atom. The van der Waals surface area contributed by atoms with Gasteiger partial charge in [-0.05, 0) is 42.8 Å². The van der Waals surface area contributed by atoms with Crippen LogP contribution in [0.3, 0.4) is 0 Å². The average molecular weight is 359 g/mol. The van der Waals surface area contributed by atoms with E-state index < -0.39 is 6.04 Å². The van der Waals surface area contributed by atoms with E-state index in [1.54, 1.807) is 17.9 Å². The van der Waals surface area contributed by atoms with Crippen molar-refractivity contribution in [1.29, 1.82) is 0 Å². The van der Waals surface area contributed by atoms with Crippen molar-refractivity contribution in [3.05, 3.63) is 64.1 Å². The first-order valence-electron chi connectivity index (χ1n) is 7.01. The van der Waals surface area contributed by atoms with Crippen molar-refractivity contribution in [1.82, 2.24) is 4.90 Å². The van der Waals surface area contributed by atoms with Crippen molar-refractivity contribution in [3.8, 4) is 0 Å². The molecule has 1 atom stereocenters. The number of nitrogens with zero attached hydrogens (tertiary/aromatic N) is 1. The second kappa shape index (κ2) is 5.93. The number of carbonyl (C=O) groups excluding carboxylic acids is 2. The van der Waals surface area contributed by atoms with E-state index >= 15 is 0 Å². The van der Waals surface area contributed by atoms with E-state index in [0.29, 0.717) is 17.8 Å². The van der Waals surface area contributed by atoms with Gasteiger partial charge in [0, 0.05) is 22.3 Å². The minimum Gasteiger partial charge on any atom is -0.324 e. The standard InChI is InChI=1S/C17H15BrN2O2/c1-11(16(21)19-14-8-6-13(18)7-9-14)20-10-12-4-2-3-5-15(12)17(20)22/h2-9,11H,10H2,1H3,(H,19,21)/t11-/m1/s1. The fraction of sp³-hybridized carbons (Fsp3) is 0.176. The highest BCUT2D eigenvalue weighted by atomic mass is 79.9. The summed E-state index contributed by atoms with van der Waals surface area (Å²) in [5.41, 5.74) is 2.37. The minimum absolute atomic E-state index is 0.0888. The van der Waals surface area contributed by atoms with Gasteiger partial charge in [-0.15, -0.1) is 0 Å². The number of carbonyl (C=O) groups is 2. The highest BCUT2D eigenvalue weighted by Crippen LogP contribution is 2.24. The molecule has 1 aliphatic heterocycles. The number of amides is 2. The molecule has 4 nitrogen and oxygen atoms in total. The van der Waals surface area contributed by atoms with Crippen molar-refractivity contribution in [2.24, 2.45) is 0 Å². The molecular formula is C17H15BrN2O2. The average Bonchev–Trinajstić information content (AvgIpc) is 2.86. The van der Waals surface area contributed by atoms with E-state index in [9.17, 15) is 9.59 Å². The van der Waals surface area contributed by atoms with Crippen LogP contribution in [0.25, 0.3) is 0 Å². The molecule has 2 aromatic rings. The summed E-state index contributed by atoms with van der Waals surface area (Å²) < 4.78 is 0.948. The molecule has 22 heavy (non-hydrogen) atoms. The lowest BCUT2D eigenvalue weighted by Crippen LogP contribution is -2.42. The molecule has 2 amide bonds. The SMILES string of the molecule is C[C@H](C(=O)Nc1ccc(Br)cc1)N1Cc2ccccc2C1=O. The van der Waals surface area contributed by atoms with Crippen molar-refractivity contribution in [3.63, 3.8) is 0 Å².